The highest BCUT2D eigenvalue weighted by atomic mass is 32.1. The third-order valence-corrected chi connectivity index (χ3v) is 6.16. The number of thiazole rings is 1. The SMILES string of the molecule is CCOC(=O)c1sc2nc(NC(=O)c3cccs3)sc2c1C. The van der Waals surface area contributed by atoms with Crippen LogP contribution in [0.1, 0.15) is 31.8 Å². The van der Waals surface area contributed by atoms with Crippen molar-refractivity contribution in [3.8, 4) is 0 Å². The summed E-state index contributed by atoms with van der Waals surface area (Å²) in [5.41, 5.74) is 0.854. The summed E-state index contributed by atoms with van der Waals surface area (Å²) in [7, 11) is 0. The van der Waals surface area contributed by atoms with Crippen LogP contribution in [0.2, 0.25) is 0 Å². The lowest BCUT2D eigenvalue weighted by atomic mass is 10.3. The lowest BCUT2D eigenvalue weighted by Gasteiger charge is -2.00. The lowest BCUT2D eigenvalue weighted by molar-refractivity contribution is 0.0531. The molecule has 114 valence electrons. The van der Waals surface area contributed by atoms with Crippen molar-refractivity contribution in [1.82, 2.24) is 4.98 Å². The first-order chi connectivity index (χ1) is 10.6. The molecule has 0 fully saturated rings. The van der Waals surface area contributed by atoms with E-state index in [1.165, 1.54) is 34.0 Å². The number of fused-ring (bicyclic) bond motifs is 1. The van der Waals surface area contributed by atoms with Gasteiger partial charge in [-0.1, -0.05) is 17.4 Å². The van der Waals surface area contributed by atoms with Gasteiger partial charge in [-0.2, -0.15) is 0 Å². The zero-order valence-corrected chi connectivity index (χ0v) is 14.3. The molecule has 0 aliphatic rings. The number of hydrogen-bond acceptors (Lipinski definition) is 7. The number of aromatic nitrogens is 1. The third-order valence-electron chi connectivity index (χ3n) is 2.90. The molecule has 0 aromatic carbocycles. The predicted octanol–water partition coefficient (Wildman–Crippen LogP) is 4.16. The molecule has 8 heteroatoms. The minimum atomic E-state index is -0.320. The van der Waals surface area contributed by atoms with Crippen LogP contribution in [-0.4, -0.2) is 23.5 Å². The Balaban J connectivity index is 1.85. The van der Waals surface area contributed by atoms with Crippen LogP contribution in [0.25, 0.3) is 9.53 Å². The zero-order chi connectivity index (χ0) is 15.7. The van der Waals surface area contributed by atoms with E-state index >= 15 is 0 Å². The van der Waals surface area contributed by atoms with Crippen LogP contribution in [0.4, 0.5) is 5.13 Å². The van der Waals surface area contributed by atoms with Crippen LogP contribution in [0.15, 0.2) is 17.5 Å². The number of thiophene rings is 2. The molecule has 5 nitrogen and oxygen atoms in total. The molecule has 3 aromatic rings. The van der Waals surface area contributed by atoms with Crippen molar-refractivity contribution in [2.75, 3.05) is 11.9 Å². The van der Waals surface area contributed by atoms with Crippen molar-refractivity contribution in [2.45, 2.75) is 13.8 Å². The second kappa shape index (κ2) is 6.15. The molecule has 0 aliphatic carbocycles. The standard InChI is InChI=1S/C14H12N2O3S3/c1-3-19-13(18)10-7(2)9-12(21-10)16-14(22-9)15-11(17)8-5-4-6-20-8/h4-6H,3H2,1-2H3,(H,15,16,17). The number of anilines is 1. The molecule has 1 amide bonds. The van der Waals surface area contributed by atoms with Crippen LogP contribution < -0.4 is 5.32 Å². The molecule has 1 N–H and O–H groups in total. The summed E-state index contributed by atoms with van der Waals surface area (Å²) in [4.78, 5) is 30.2. The van der Waals surface area contributed by atoms with Gasteiger partial charge in [-0.3, -0.25) is 10.1 Å². The van der Waals surface area contributed by atoms with E-state index in [0.717, 1.165) is 15.1 Å². The summed E-state index contributed by atoms with van der Waals surface area (Å²) in [6.45, 7) is 3.99. The first-order valence-electron chi connectivity index (χ1n) is 6.52. The predicted molar refractivity (Wildman–Crippen MR) is 90.5 cm³/mol. The van der Waals surface area contributed by atoms with Gasteiger partial charge in [0.2, 0.25) is 0 Å². The Morgan fingerprint density at radius 2 is 2.18 bits per heavy atom. The molecule has 0 aliphatic heterocycles. The minimum absolute atomic E-state index is 0.167. The average Bonchev–Trinajstić information content (AvgIpc) is 3.17. The highest BCUT2D eigenvalue weighted by molar-refractivity contribution is 7.30. The maximum absolute atomic E-state index is 12.0. The zero-order valence-electron chi connectivity index (χ0n) is 11.8. The second-order valence-corrected chi connectivity index (χ2v) is 7.31. The van der Waals surface area contributed by atoms with Crippen LogP contribution in [-0.2, 0) is 4.74 Å². The summed E-state index contributed by atoms with van der Waals surface area (Å²) in [6, 6.07) is 3.59. The van der Waals surface area contributed by atoms with Crippen molar-refractivity contribution in [3.63, 3.8) is 0 Å². The Kier molecular flexibility index (Phi) is 4.23. The normalized spacial score (nSPS) is 10.8. The molecule has 3 rings (SSSR count). The van der Waals surface area contributed by atoms with E-state index in [0.29, 0.717) is 21.5 Å². The number of ether oxygens (including phenoxy) is 1. The Hall–Kier alpha value is -1.77. The van der Waals surface area contributed by atoms with Gasteiger partial charge in [0.05, 0.1) is 16.2 Å². The molecule has 0 radical (unpaired) electrons. The Bertz CT molecular complexity index is 833. The van der Waals surface area contributed by atoms with E-state index in [9.17, 15) is 9.59 Å². The lowest BCUT2D eigenvalue weighted by Crippen LogP contribution is -2.09. The first kappa shape index (κ1) is 15.1. The molecule has 22 heavy (non-hydrogen) atoms. The van der Waals surface area contributed by atoms with Gasteiger partial charge in [0.15, 0.2) is 5.13 Å². The molecule has 3 heterocycles. The number of amides is 1. The van der Waals surface area contributed by atoms with E-state index < -0.39 is 0 Å². The highest BCUT2D eigenvalue weighted by Crippen LogP contribution is 2.37. The van der Waals surface area contributed by atoms with Crippen LogP contribution in [0.5, 0.6) is 0 Å². The summed E-state index contributed by atoms with van der Waals surface area (Å²) in [6.07, 6.45) is 0. The van der Waals surface area contributed by atoms with E-state index in [-0.39, 0.29) is 11.9 Å². The van der Waals surface area contributed by atoms with Gasteiger partial charge in [-0.25, -0.2) is 9.78 Å². The number of nitrogens with zero attached hydrogens (tertiary/aromatic N) is 1. The van der Waals surface area contributed by atoms with Gasteiger partial charge in [-0.05, 0) is 30.9 Å². The molecule has 3 aromatic heterocycles. The maximum atomic E-state index is 12.0. The fourth-order valence-electron chi connectivity index (χ4n) is 1.90. The largest absolute Gasteiger partial charge is 0.462 e. The number of rotatable bonds is 4. The fraction of sp³-hybridized carbons (Fsp3) is 0.214. The second-order valence-electron chi connectivity index (χ2n) is 4.36. The average molecular weight is 352 g/mol. The molecule has 0 saturated heterocycles. The first-order valence-corrected chi connectivity index (χ1v) is 9.03. The van der Waals surface area contributed by atoms with Crippen molar-refractivity contribution >= 4 is 60.5 Å². The Morgan fingerprint density at radius 1 is 1.36 bits per heavy atom. The number of aryl methyl sites for hydroxylation is 1. The molecular weight excluding hydrogens is 340 g/mol. The summed E-state index contributed by atoms with van der Waals surface area (Å²) in [5.74, 6) is -0.487. The number of carbonyl (C=O) groups excluding carboxylic acids is 2. The van der Waals surface area contributed by atoms with Gasteiger partial charge in [0, 0.05) is 0 Å². The van der Waals surface area contributed by atoms with Gasteiger partial charge in [0.25, 0.3) is 5.91 Å². The van der Waals surface area contributed by atoms with E-state index in [4.69, 9.17) is 4.74 Å². The smallest absolute Gasteiger partial charge is 0.348 e. The third kappa shape index (κ3) is 2.77. The van der Waals surface area contributed by atoms with Crippen molar-refractivity contribution in [3.05, 3.63) is 32.8 Å². The summed E-state index contributed by atoms with van der Waals surface area (Å²) in [5, 5.41) is 5.18. The van der Waals surface area contributed by atoms with Crippen LogP contribution >= 0.6 is 34.0 Å². The van der Waals surface area contributed by atoms with Gasteiger partial charge < -0.3 is 4.74 Å². The van der Waals surface area contributed by atoms with E-state index in [1.807, 2.05) is 18.4 Å². The van der Waals surface area contributed by atoms with Crippen molar-refractivity contribution in [2.24, 2.45) is 0 Å². The van der Waals surface area contributed by atoms with Gasteiger partial charge >= 0.3 is 5.97 Å². The Labute approximate surface area is 138 Å². The van der Waals surface area contributed by atoms with Crippen molar-refractivity contribution < 1.29 is 14.3 Å². The Morgan fingerprint density at radius 3 is 2.82 bits per heavy atom. The summed E-state index contributed by atoms with van der Waals surface area (Å²) < 4.78 is 5.94. The number of esters is 1. The van der Waals surface area contributed by atoms with Crippen LogP contribution in [0.3, 0.4) is 0 Å². The number of nitrogens with one attached hydrogen (secondary N) is 1. The summed E-state index contributed by atoms with van der Waals surface area (Å²) >= 11 is 4.04. The molecule has 0 bridgehead atoms. The topological polar surface area (TPSA) is 68.3 Å². The van der Waals surface area contributed by atoms with Gasteiger partial charge in [-0.15, -0.1) is 22.7 Å². The molecule has 0 atom stereocenters. The molecule has 0 saturated carbocycles. The highest BCUT2D eigenvalue weighted by Gasteiger charge is 2.20. The van der Waals surface area contributed by atoms with Crippen molar-refractivity contribution in [1.29, 1.82) is 0 Å². The molecule has 0 unspecified atom stereocenters. The molecule has 0 spiro atoms. The monoisotopic (exact) mass is 352 g/mol. The van der Waals surface area contributed by atoms with E-state index in [2.05, 4.69) is 10.3 Å². The quantitative estimate of drug-likeness (QED) is 0.716. The maximum Gasteiger partial charge on any atom is 0.348 e. The fourth-order valence-corrected chi connectivity index (χ4v) is 4.73. The van der Waals surface area contributed by atoms with Gasteiger partial charge in [0.1, 0.15) is 9.71 Å². The van der Waals surface area contributed by atoms with Crippen LogP contribution in [0, 0.1) is 6.92 Å². The number of carbonyl (C=O) groups is 2. The molecular formula is C14H12N2O3S3. The number of hydrogen-bond donors (Lipinski definition) is 1. The van der Waals surface area contributed by atoms with E-state index in [1.54, 1.807) is 13.0 Å². The minimum Gasteiger partial charge on any atom is -0.462 e.